The van der Waals surface area contributed by atoms with Crippen molar-refractivity contribution in [1.29, 1.82) is 0 Å². The first-order valence-corrected chi connectivity index (χ1v) is 6.61. The van der Waals surface area contributed by atoms with E-state index < -0.39 is 11.2 Å². The van der Waals surface area contributed by atoms with E-state index in [4.69, 9.17) is 15.6 Å². The van der Waals surface area contributed by atoms with Crippen LogP contribution in [0.4, 0.5) is 4.79 Å². The lowest BCUT2D eigenvalue weighted by molar-refractivity contribution is -0.136. The van der Waals surface area contributed by atoms with Gasteiger partial charge in [0.1, 0.15) is 5.75 Å². The molecular formula is C14H13NO4S. The summed E-state index contributed by atoms with van der Waals surface area (Å²) in [5.41, 5.74) is 5.79. The Morgan fingerprint density at radius 2 is 2.05 bits per heavy atom. The maximum Gasteiger partial charge on any atom is 0.307 e. The maximum atomic E-state index is 11.2. The topological polar surface area (TPSA) is 89.6 Å². The summed E-state index contributed by atoms with van der Waals surface area (Å²) in [6.45, 7) is 0. The molecule has 5 nitrogen and oxygen atoms in total. The fourth-order valence-electron chi connectivity index (χ4n) is 1.97. The van der Waals surface area contributed by atoms with Gasteiger partial charge in [-0.1, -0.05) is 12.1 Å². The molecular weight excluding hydrogens is 278 g/mol. The van der Waals surface area contributed by atoms with E-state index in [1.807, 2.05) is 6.07 Å². The number of nitrogens with two attached hydrogens (primary N) is 1. The van der Waals surface area contributed by atoms with Gasteiger partial charge in [0.2, 0.25) is 0 Å². The third-order valence-electron chi connectivity index (χ3n) is 2.80. The molecule has 0 bridgehead atoms. The average molecular weight is 291 g/mol. The summed E-state index contributed by atoms with van der Waals surface area (Å²) in [5, 5.41) is 10.0. The molecule has 0 radical (unpaired) electrons. The zero-order valence-electron chi connectivity index (χ0n) is 10.8. The Balaban J connectivity index is 2.62. The number of aliphatic carboxylic acids is 1. The molecule has 104 valence electrons. The van der Waals surface area contributed by atoms with E-state index in [2.05, 4.69) is 0 Å². The highest BCUT2D eigenvalue weighted by molar-refractivity contribution is 8.13. The molecule has 20 heavy (non-hydrogen) atoms. The number of carbonyl (C=O) groups excluding carboxylic acids is 1. The van der Waals surface area contributed by atoms with Crippen molar-refractivity contribution in [3.63, 3.8) is 0 Å². The molecule has 0 aliphatic carbocycles. The Labute approximate surface area is 119 Å². The lowest BCUT2D eigenvalue weighted by Crippen LogP contribution is -2.06. The van der Waals surface area contributed by atoms with E-state index in [0.29, 0.717) is 16.2 Å². The first kappa shape index (κ1) is 14.2. The average Bonchev–Trinajstić information content (AvgIpc) is 2.39. The molecule has 6 heteroatoms. The molecule has 0 spiro atoms. The van der Waals surface area contributed by atoms with Crippen LogP contribution in [0.2, 0.25) is 0 Å². The first-order chi connectivity index (χ1) is 9.51. The molecule has 3 N–H and O–H groups in total. The van der Waals surface area contributed by atoms with Gasteiger partial charge in [-0.15, -0.1) is 0 Å². The third-order valence-corrected chi connectivity index (χ3v) is 3.69. The van der Waals surface area contributed by atoms with Gasteiger partial charge in [-0.25, -0.2) is 0 Å². The van der Waals surface area contributed by atoms with Crippen molar-refractivity contribution >= 4 is 33.7 Å². The summed E-state index contributed by atoms with van der Waals surface area (Å²) in [6.07, 6.45) is -0.155. The minimum Gasteiger partial charge on any atom is -0.497 e. The Bertz CT molecular complexity index is 684. The normalized spacial score (nSPS) is 10.4. The highest BCUT2D eigenvalue weighted by Crippen LogP contribution is 2.33. The predicted octanol–water partition coefficient (Wildman–Crippen LogP) is 2.65. The molecule has 0 fully saturated rings. The number of hydrogen-bond acceptors (Lipinski definition) is 4. The number of carbonyl (C=O) groups is 2. The highest BCUT2D eigenvalue weighted by atomic mass is 32.2. The molecule has 1 amide bonds. The summed E-state index contributed by atoms with van der Waals surface area (Å²) in [5.74, 6) is -0.261. The number of carboxylic acids is 1. The van der Waals surface area contributed by atoms with Crippen molar-refractivity contribution in [3.05, 3.63) is 35.9 Å². The van der Waals surface area contributed by atoms with Crippen LogP contribution in [0.3, 0.4) is 0 Å². The predicted molar refractivity (Wildman–Crippen MR) is 77.3 cm³/mol. The summed E-state index contributed by atoms with van der Waals surface area (Å²) >= 11 is 0.845. The third kappa shape index (κ3) is 3.03. The number of fused-ring (bicyclic) bond motifs is 1. The Morgan fingerprint density at radius 1 is 1.30 bits per heavy atom. The van der Waals surface area contributed by atoms with Crippen LogP contribution >= 0.6 is 11.8 Å². The molecule has 0 saturated heterocycles. The monoisotopic (exact) mass is 291 g/mol. The van der Waals surface area contributed by atoms with Crippen LogP contribution in [0.25, 0.3) is 10.8 Å². The van der Waals surface area contributed by atoms with E-state index in [1.165, 1.54) is 0 Å². The number of amides is 1. The Morgan fingerprint density at radius 3 is 2.65 bits per heavy atom. The molecule has 2 rings (SSSR count). The first-order valence-electron chi connectivity index (χ1n) is 5.80. The van der Waals surface area contributed by atoms with E-state index in [9.17, 15) is 9.59 Å². The molecule has 0 aromatic heterocycles. The van der Waals surface area contributed by atoms with Gasteiger partial charge in [0, 0.05) is 4.90 Å². The van der Waals surface area contributed by atoms with Crippen LogP contribution in [-0.4, -0.2) is 23.4 Å². The van der Waals surface area contributed by atoms with Gasteiger partial charge in [0.25, 0.3) is 5.24 Å². The Kier molecular flexibility index (Phi) is 4.14. The molecule has 0 aliphatic rings. The molecule has 2 aromatic carbocycles. The van der Waals surface area contributed by atoms with Crippen LogP contribution in [0.5, 0.6) is 5.75 Å². The van der Waals surface area contributed by atoms with E-state index >= 15 is 0 Å². The minimum absolute atomic E-state index is 0.155. The van der Waals surface area contributed by atoms with Crippen molar-refractivity contribution < 1.29 is 19.4 Å². The largest absolute Gasteiger partial charge is 0.497 e. The van der Waals surface area contributed by atoms with Gasteiger partial charge in [-0.2, -0.15) is 0 Å². The highest BCUT2D eigenvalue weighted by Gasteiger charge is 2.14. The number of carboxylic acid groups (broad SMARTS) is 1. The lowest BCUT2D eigenvalue weighted by atomic mass is 10.0. The summed E-state index contributed by atoms with van der Waals surface area (Å²) in [6, 6.07) is 8.88. The number of rotatable bonds is 4. The van der Waals surface area contributed by atoms with Crippen LogP contribution in [-0.2, 0) is 11.2 Å². The number of hydrogen-bond donors (Lipinski definition) is 2. The fourth-order valence-corrected chi connectivity index (χ4v) is 2.74. The molecule has 0 saturated carbocycles. The second-order valence-electron chi connectivity index (χ2n) is 4.13. The van der Waals surface area contributed by atoms with E-state index in [-0.39, 0.29) is 6.42 Å². The van der Waals surface area contributed by atoms with Crippen molar-refractivity contribution in [3.8, 4) is 5.75 Å². The van der Waals surface area contributed by atoms with Crippen LogP contribution < -0.4 is 10.5 Å². The van der Waals surface area contributed by atoms with Crippen LogP contribution in [0.1, 0.15) is 5.56 Å². The van der Waals surface area contributed by atoms with Gasteiger partial charge in [0.15, 0.2) is 0 Å². The van der Waals surface area contributed by atoms with Crippen LogP contribution in [0.15, 0.2) is 35.2 Å². The zero-order valence-corrected chi connectivity index (χ0v) is 11.6. The minimum atomic E-state index is -0.954. The van der Waals surface area contributed by atoms with E-state index in [0.717, 1.165) is 22.5 Å². The zero-order chi connectivity index (χ0) is 14.7. The van der Waals surface area contributed by atoms with Crippen LogP contribution in [0, 0.1) is 0 Å². The second-order valence-corrected chi connectivity index (χ2v) is 5.15. The van der Waals surface area contributed by atoms with Crippen molar-refractivity contribution in [2.45, 2.75) is 11.3 Å². The molecule has 0 heterocycles. The fraction of sp³-hybridized carbons (Fsp3) is 0.143. The number of ether oxygens (including phenoxy) is 1. The number of benzene rings is 2. The van der Waals surface area contributed by atoms with Gasteiger partial charge in [-0.3, -0.25) is 9.59 Å². The molecule has 0 aliphatic heterocycles. The second kappa shape index (κ2) is 5.83. The standard InChI is InChI=1S/C14H13NO4S/c1-19-10-4-5-11-8(6-10)2-3-9(7-12(16)17)13(11)20-14(15)18/h2-6H,7H2,1H3,(H2,15,18)(H,16,17). The SMILES string of the molecule is COc1ccc2c(SC(N)=O)c(CC(=O)O)ccc2c1. The van der Waals surface area contributed by atoms with Gasteiger partial charge in [0.05, 0.1) is 13.5 Å². The van der Waals surface area contributed by atoms with Gasteiger partial charge in [-0.05, 0) is 46.3 Å². The molecule has 2 aromatic rings. The molecule has 0 unspecified atom stereocenters. The van der Waals surface area contributed by atoms with Crippen molar-refractivity contribution in [2.24, 2.45) is 5.73 Å². The van der Waals surface area contributed by atoms with Crippen molar-refractivity contribution in [2.75, 3.05) is 7.11 Å². The van der Waals surface area contributed by atoms with Crippen molar-refractivity contribution in [1.82, 2.24) is 0 Å². The quantitative estimate of drug-likeness (QED) is 0.845. The number of primary amides is 1. The summed E-state index contributed by atoms with van der Waals surface area (Å²) < 4.78 is 5.15. The summed E-state index contributed by atoms with van der Waals surface area (Å²) in [4.78, 5) is 22.7. The van der Waals surface area contributed by atoms with E-state index in [1.54, 1.807) is 31.4 Å². The summed E-state index contributed by atoms with van der Waals surface area (Å²) in [7, 11) is 1.57. The Hall–Kier alpha value is -2.21. The molecule has 0 atom stereocenters. The number of thioether (sulfide) groups is 1. The van der Waals surface area contributed by atoms with Gasteiger partial charge >= 0.3 is 5.97 Å². The maximum absolute atomic E-state index is 11.2. The lowest BCUT2D eigenvalue weighted by Gasteiger charge is -2.11. The van der Waals surface area contributed by atoms with Gasteiger partial charge < -0.3 is 15.6 Å². The number of methoxy groups -OCH3 is 1. The smallest absolute Gasteiger partial charge is 0.307 e.